The highest BCUT2D eigenvalue weighted by Gasteiger charge is 2.27. The Morgan fingerprint density at radius 1 is 1.02 bits per heavy atom. The van der Waals surface area contributed by atoms with Gasteiger partial charge in [0, 0.05) is 36.9 Å². The first kappa shape index (κ1) is 28.4. The predicted octanol–water partition coefficient (Wildman–Crippen LogP) is 5.33. The molecule has 3 aromatic rings. The molecule has 0 saturated carbocycles. The molecule has 2 saturated heterocycles. The van der Waals surface area contributed by atoms with Crippen LogP contribution < -0.4 is 14.8 Å². The third-order valence-electron chi connectivity index (χ3n) is 6.56. The van der Waals surface area contributed by atoms with Crippen LogP contribution in [-0.4, -0.2) is 61.7 Å². The molecule has 2 aliphatic rings. The number of anilines is 1. The van der Waals surface area contributed by atoms with Crippen LogP contribution in [-0.2, 0) is 18.8 Å². The van der Waals surface area contributed by atoms with Crippen molar-refractivity contribution in [2.75, 3.05) is 31.6 Å². The number of aromatic nitrogens is 2. The molecule has 2 aliphatic heterocycles. The monoisotopic (exact) mass is 608 g/mol. The van der Waals surface area contributed by atoms with E-state index in [4.69, 9.17) is 41.0 Å². The molecule has 1 N–H and O–H groups in total. The number of piperidine rings is 1. The number of nitrogens with one attached hydrogen (secondary N) is 1. The quantitative estimate of drug-likeness (QED) is 0.394. The predicted molar refractivity (Wildman–Crippen MR) is 148 cm³/mol. The standard InChI is InChI=1S/C26H26Cl2N4O7S/c1-16-24(38-20-5-2-17(3-6-20)18-13-36-40(34,35)37-14-18)29-15-30-25(16)39-21-8-10-32(11-9-21)26(33)31-23-7-4-19(27)12-22(23)28/h2-7,12,15,18,21H,8-11,13-14H2,1H3,(H,31,33). The first-order chi connectivity index (χ1) is 19.2. The van der Waals surface area contributed by atoms with Gasteiger partial charge in [0.1, 0.15) is 18.2 Å². The van der Waals surface area contributed by atoms with Crippen LogP contribution in [0.25, 0.3) is 0 Å². The summed E-state index contributed by atoms with van der Waals surface area (Å²) >= 11 is 12.1. The number of hydrogen-bond donors (Lipinski definition) is 1. The van der Waals surface area contributed by atoms with Gasteiger partial charge in [-0.1, -0.05) is 35.3 Å². The second-order valence-corrected chi connectivity index (χ2v) is 11.4. The first-order valence-corrected chi connectivity index (χ1v) is 14.6. The molecule has 2 aromatic carbocycles. The van der Waals surface area contributed by atoms with Crippen molar-refractivity contribution in [2.45, 2.75) is 31.8 Å². The smallest absolute Gasteiger partial charge is 0.399 e. The average Bonchev–Trinajstić information content (AvgIpc) is 2.93. The van der Waals surface area contributed by atoms with E-state index < -0.39 is 10.4 Å². The molecule has 0 atom stereocenters. The number of ether oxygens (including phenoxy) is 2. The van der Waals surface area contributed by atoms with Gasteiger partial charge in [-0.2, -0.15) is 8.42 Å². The summed E-state index contributed by atoms with van der Waals surface area (Å²) in [6.45, 7) is 2.87. The van der Waals surface area contributed by atoms with Gasteiger partial charge in [0.15, 0.2) is 0 Å². The van der Waals surface area contributed by atoms with E-state index in [1.165, 1.54) is 6.33 Å². The van der Waals surface area contributed by atoms with Crippen molar-refractivity contribution >= 4 is 45.3 Å². The molecule has 5 rings (SSSR count). The molecule has 2 fully saturated rings. The van der Waals surface area contributed by atoms with Crippen molar-refractivity contribution in [3.63, 3.8) is 0 Å². The lowest BCUT2D eigenvalue weighted by atomic mass is 10.0. The largest absolute Gasteiger partial charge is 0.474 e. The number of urea groups is 1. The zero-order chi connectivity index (χ0) is 28.3. The van der Waals surface area contributed by atoms with Crippen LogP contribution in [0.4, 0.5) is 10.5 Å². The van der Waals surface area contributed by atoms with E-state index in [0.717, 1.165) is 5.56 Å². The maximum atomic E-state index is 12.7. The molecular formula is C26H26Cl2N4O7S. The Kier molecular flexibility index (Phi) is 8.62. The number of benzene rings is 2. The second kappa shape index (κ2) is 12.1. The van der Waals surface area contributed by atoms with Crippen molar-refractivity contribution < 1.29 is 31.1 Å². The minimum absolute atomic E-state index is 0.0224. The number of amides is 2. The van der Waals surface area contributed by atoms with Crippen LogP contribution in [0.3, 0.4) is 0 Å². The van der Waals surface area contributed by atoms with E-state index in [1.54, 1.807) is 35.2 Å². The zero-order valence-corrected chi connectivity index (χ0v) is 23.7. The molecule has 1 aromatic heterocycles. The Morgan fingerprint density at radius 2 is 1.70 bits per heavy atom. The molecule has 2 amide bonds. The van der Waals surface area contributed by atoms with Crippen LogP contribution in [0.1, 0.15) is 29.9 Å². The van der Waals surface area contributed by atoms with Crippen LogP contribution >= 0.6 is 23.2 Å². The van der Waals surface area contributed by atoms with Gasteiger partial charge in [0.25, 0.3) is 0 Å². The number of likely N-dealkylation sites (tertiary alicyclic amines) is 1. The molecule has 0 aliphatic carbocycles. The lowest BCUT2D eigenvalue weighted by Crippen LogP contribution is -2.43. The fourth-order valence-electron chi connectivity index (χ4n) is 4.29. The highest BCUT2D eigenvalue weighted by molar-refractivity contribution is 7.81. The molecule has 3 heterocycles. The average molecular weight is 609 g/mol. The molecule has 0 spiro atoms. The van der Waals surface area contributed by atoms with Crippen molar-refractivity contribution in [1.29, 1.82) is 0 Å². The third-order valence-corrected chi connectivity index (χ3v) is 7.96. The lowest BCUT2D eigenvalue weighted by molar-refractivity contribution is 0.110. The van der Waals surface area contributed by atoms with Crippen LogP contribution in [0, 0.1) is 6.92 Å². The fourth-order valence-corrected chi connectivity index (χ4v) is 5.47. The summed E-state index contributed by atoms with van der Waals surface area (Å²) in [4.78, 5) is 22.9. The summed E-state index contributed by atoms with van der Waals surface area (Å²) in [6, 6.07) is 11.8. The maximum Gasteiger partial charge on any atom is 0.399 e. The van der Waals surface area contributed by atoms with Crippen molar-refractivity contribution in [1.82, 2.24) is 14.9 Å². The van der Waals surface area contributed by atoms with Gasteiger partial charge >= 0.3 is 16.4 Å². The number of rotatable bonds is 6. The molecule has 212 valence electrons. The highest BCUT2D eigenvalue weighted by Crippen LogP contribution is 2.31. The van der Waals surface area contributed by atoms with Crippen LogP contribution in [0.15, 0.2) is 48.8 Å². The molecule has 40 heavy (non-hydrogen) atoms. The van der Waals surface area contributed by atoms with Gasteiger partial charge in [-0.05, 0) is 42.8 Å². The van der Waals surface area contributed by atoms with Gasteiger partial charge in [-0.3, -0.25) is 0 Å². The number of nitrogens with zero attached hydrogens (tertiary/aromatic N) is 3. The molecule has 0 bridgehead atoms. The fraction of sp³-hybridized carbons (Fsp3) is 0.346. The van der Waals surface area contributed by atoms with E-state index >= 15 is 0 Å². The number of carbonyl (C=O) groups is 1. The summed E-state index contributed by atoms with van der Waals surface area (Å²) in [7, 11) is -3.89. The minimum atomic E-state index is -3.89. The summed E-state index contributed by atoms with van der Waals surface area (Å²) < 4.78 is 44.2. The highest BCUT2D eigenvalue weighted by atomic mass is 35.5. The second-order valence-electron chi connectivity index (χ2n) is 9.31. The molecule has 0 unspecified atom stereocenters. The summed E-state index contributed by atoms with van der Waals surface area (Å²) in [6.07, 6.45) is 2.49. The van der Waals surface area contributed by atoms with Gasteiger partial charge in [0.05, 0.1) is 29.5 Å². The summed E-state index contributed by atoms with van der Waals surface area (Å²) in [5.74, 6) is 1.10. The normalized spacial score (nSPS) is 17.8. The summed E-state index contributed by atoms with van der Waals surface area (Å²) in [5.41, 5.74) is 2.01. The Bertz CT molecular complexity index is 1470. The first-order valence-electron chi connectivity index (χ1n) is 12.5. The van der Waals surface area contributed by atoms with Gasteiger partial charge < -0.3 is 19.7 Å². The van der Waals surface area contributed by atoms with Gasteiger partial charge in [0.2, 0.25) is 11.8 Å². The Hall–Kier alpha value is -3.16. The molecule has 14 heteroatoms. The van der Waals surface area contributed by atoms with E-state index in [-0.39, 0.29) is 31.3 Å². The van der Waals surface area contributed by atoms with Gasteiger partial charge in [-0.25, -0.2) is 23.1 Å². The Balaban J connectivity index is 1.14. The minimum Gasteiger partial charge on any atom is -0.474 e. The summed E-state index contributed by atoms with van der Waals surface area (Å²) in [5, 5.41) is 3.69. The van der Waals surface area contributed by atoms with E-state index in [2.05, 4.69) is 15.3 Å². The van der Waals surface area contributed by atoms with Gasteiger partial charge in [-0.15, -0.1) is 0 Å². The SMILES string of the molecule is Cc1c(Oc2ccc(C3COS(=O)(=O)OC3)cc2)ncnc1OC1CCN(C(=O)Nc2ccc(Cl)cc2Cl)CC1. The van der Waals surface area contributed by atoms with Crippen molar-refractivity contribution in [3.8, 4) is 17.5 Å². The zero-order valence-electron chi connectivity index (χ0n) is 21.4. The van der Waals surface area contributed by atoms with E-state index in [0.29, 0.717) is 64.7 Å². The molecule has 11 nitrogen and oxygen atoms in total. The van der Waals surface area contributed by atoms with Crippen LogP contribution in [0.2, 0.25) is 10.0 Å². The van der Waals surface area contributed by atoms with E-state index in [9.17, 15) is 13.2 Å². The van der Waals surface area contributed by atoms with Crippen LogP contribution in [0.5, 0.6) is 17.5 Å². The van der Waals surface area contributed by atoms with E-state index in [1.807, 2.05) is 19.1 Å². The third kappa shape index (κ3) is 6.94. The maximum absolute atomic E-state index is 12.7. The van der Waals surface area contributed by atoms with Crippen molar-refractivity contribution in [3.05, 3.63) is 70.0 Å². The Morgan fingerprint density at radius 3 is 2.38 bits per heavy atom. The number of halogens is 2. The number of hydrogen-bond acceptors (Lipinski definition) is 9. The topological polar surface area (TPSA) is 129 Å². The molecular weight excluding hydrogens is 583 g/mol. The number of carbonyl (C=O) groups excluding carboxylic acids is 1. The van der Waals surface area contributed by atoms with Crippen molar-refractivity contribution in [2.24, 2.45) is 0 Å². The lowest BCUT2D eigenvalue weighted by Gasteiger charge is -2.32. The molecule has 0 radical (unpaired) electrons. The Labute approximate surface area is 241 Å².